The highest BCUT2D eigenvalue weighted by Crippen LogP contribution is 2.44. The van der Waals surface area contributed by atoms with Crippen LogP contribution >= 0.6 is 34.8 Å². The largest absolute Gasteiger partial charge is 0.496 e. The Bertz CT molecular complexity index is 2230. The summed E-state index contributed by atoms with van der Waals surface area (Å²) in [6.45, 7) is 8.03. The van der Waals surface area contributed by atoms with Gasteiger partial charge in [-0.3, -0.25) is 19.5 Å². The van der Waals surface area contributed by atoms with Crippen molar-refractivity contribution in [2.45, 2.75) is 83.6 Å². The van der Waals surface area contributed by atoms with E-state index in [1.165, 1.54) is 17.6 Å². The number of halogens is 3. The van der Waals surface area contributed by atoms with Crippen LogP contribution in [0.25, 0.3) is 33.6 Å². The molecule has 0 aliphatic carbocycles. The van der Waals surface area contributed by atoms with Crippen molar-refractivity contribution in [2.75, 3.05) is 33.9 Å². The van der Waals surface area contributed by atoms with Crippen LogP contribution in [-0.4, -0.2) is 89.2 Å². The molecule has 15 heteroatoms. The second-order valence-corrected chi connectivity index (χ2v) is 17.1. The lowest BCUT2D eigenvalue weighted by molar-refractivity contribution is -0.120. The van der Waals surface area contributed by atoms with Gasteiger partial charge in [-0.25, -0.2) is 9.78 Å². The van der Waals surface area contributed by atoms with Gasteiger partial charge in [0.15, 0.2) is 0 Å². The van der Waals surface area contributed by atoms with E-state index in [1.54, 1.807) is 40.1 Å². The molecule has 3 aliphatic rings. The van der Waals surface area contributed by atoms with E-state index in [1.807, 2.05) is 30.3 Å². The first-order valence-electron chi connectivity index (χ1n) is 19.4. The standard InChI is InChI=1S/C43H47Cl3N6O6/c1-43(2,3)58-42(55)52(21-27-10-12-37(54)49-27)23-32-33(44)19-34(50-41(32)57-5)30-8-6-7-28(38(30)45)29-13-15-47-40(39(29)46)25-17-24-14-16-51(20-26-9-11-36(53)48-26)22-31(24)35(18-25)56-4/h6-8,13,15,17-19,26-27H,9-12,14,16,20-23H2,1-5H3,(H,48,53)(H,49,54). The first kappa shape index (κ1) is 41.5. The van der Waals surface area contributed by atoms with Crippen LogP contribution in [0.2, 0.25) is 15.1 Å². The number of nitrogens with zero attached hydrogens (tertiary/aromatic N) is 4. The summed E-state index contributed by atoms with van der Waals surface area (Å²) in [6, 6.07) is 13.2. The average molecular weight is 850 g/mol. The number of ether oxygens (including phenoxy) is 3. The molecule has 2 atom stereocenters. The molecule has 0 bridgehead atoms. The molecule has 3 amide bonds. The summed E-state index contributed by atoms with van der Waals surface area (Å²) in [6.07, 6.45) is 4.42. The van der Waals surface area contributed by atoms with Gasteiger partial charge in [-0.15, -0.1) is 0 Å². The fourth-order valence-electron chi connectivity index (χ4n) is 7.85. The van der Waals surface area contributed by atoms with Gasteiger partial charge in [-0.2, -0.15) is 0 Å². The van der Waals surface area contributed by atoms with E-state index in [4.69, 9.17) is 59.0 Å². The zero-order chi connectivity index (χ0) is 41.3. The number of nitrogens with one attached hydrogen (secondary N) is 2. The summed E-state index contributed by atoms with van der Waals surface area (Å²) in [5.74, 6) is 1.04. The number of methoxy groups -OCH3 is 2. The third-order valence-corrected chi connectivity index (χ3v) is 11.8. The molecule has 2 N–H and O–H groups in total. The molecule has 0 saturated carbocycles. The van der Waals surface area contributed by atoms with E-state index in [0.29, 0.717) is 68.0 Å². The number of hydrogen-bond acceptors (Lipinski definition) is 9. The topological polar surface area (TPSA) is 135 Å². The second kappa shape index (κ2) is 17.3. The molecule has 0 spiro atoms. The fraction of sp³-hybridized carbons (Fsp3) is 0.419. The van der Waals surface area contributed by atoms with Crippen molar-refractivity contribution < 1.29 is 28.6 Å². The molecule has 5 heterocycles. The molecule has 2 unspecified atom stereocenters. The molecule has 12 nitrogen and oxygen atoms in total. The summed E-state index contributed by atoms with van der Waals surface area (Å²) in [5.41, 5.74) is 5.86. The Morgan fingerprint density at radius 1 is 0.914 bits per heavy atom. The second-order valence-electron chi connectivity index (χ2n) is 15.9. The molecule has 2 fully saturated rings. The number of benzene rings is 2. The minimum absolute atomic E-state index is 0.0333. The van der Waals surface area contributed by atoms with Crippen LogP contribution < -0.4 is 20.1 Å². The summed E-state index contributed by atoms with van der Waals surface area (Å²) >= 11 is 21.4. The quantitative estimate of drug-likeness (QED) is 0.154. The van der Waals surface area contributed by atoms with E-state index < -0.39 is 11.7 Å². The fourth-order valence-corrected chi connectivity index (χ4v) is 8.74. The molecule has 3 aliphatic heterocycles. The molecule has 306 valence electrons. The molecule has 2 aromatic carbocycles. The molecule has 0 radical (unpaired) electrons. The van der Waals surface area contributed by atoms with Gasteiger partial charge in [0, 0.05) is 85.1 Å². The van der Waals surface area contributed by atoms with E-state index in [9.17, 15) is 14.4 Å². The highest BCUT2D eigenvalue weighted by Gasteiger charge is 2.31. The van der Waals surface area contributed by atoms with Gasteiger partial charge < -0.3 is 29.7 Å². The number of hydrogen-bond donors (Lipinski definition) is 2. The van der Waals surface area contributed by atoms with Gasteiger partial charge >= 0.3 is 6.09 Å². The van der Waals surface area contributed by atoms with Crippen molar-refractivity contribution in [3.63, 3.8) is 0 Å². The monoisotopic (exact) mass is 848 g/mol. The highest BCUT2D eigenvalue weighted by atomic mass is 35.5. The summed E-state index contributed by atoms with van der Waals surface area (Å²) in [7, 11) is 3.16. The lowest BCUT2D eigenvalue weighted by Gasteiger charge is -2.32. The van der Waals surface area contributed by atoms with Crippen molar-refractivity contribution >= 4 is 52.7 Å². The summed E-state index contributed by atoms with van der Waals surface area (Å²) < 4.78 is 17.4. The number of amides is 3. The molecule has 2 saturated heterocycles. The van der Waals surface area contributed by atoms with Crippen LogP contribution in [0.4, 0.5) is 4.79 Å². The molecule has 2 aromatic heterocycles. The maximum atomic E-state index is 13.4. The Hall–Kier alpha value is -4.62. The van der Waals surface area contributed by atoms with Crippen LogP contribution in [-0.2, 0) is 33.8 Å². The average Bonchev–Trinajstić information content (AvgIpc) is 3.80. The zero-order valence-corrected chi connectivity index (χ0v) is 35.5. The smallest absolute Gasteiger partial charge is 0.410 e. The van der Waals surface area contributed by atoms with Gasteiger partial charge in [0.2, 0.25) is 17.7 Å². The first-order chi connectivity index (χ1) is 27.7. The van der Waals surface area contributed by atoms with Gasteiger partial charge in [0.25, 0.3) is 0 Å². The van der Waals surface area contributed by atoms with Crippen molar-refractivity contribution in [1.29, 1.82) is 0 Å². The maximum Gasteiger partial charge on any atom is 0.410 e. The molecular formula is C43H47Cl3N6O6. The van der Waals surface area contributed by atoms with Crippen LogP contribution in [0.3, 0.4) is 0 Å². The number of aromatic nitrogens is 2. The van der Waals surface area contributed by atoms with Crippen molar-refractivity contribution in [3.05, 3.63) is 80.4 Å². The Morgan fingerprint density at radius 2 is 1.62 bits per heavy atom. The number of carbonyl (C=O) groups excluding carboxylic acids is 3. The third kappa shape index (κ3) is 9.15. The summed E-state index contributed by atoms with van der Waals surface area (Å²) in [4.78, 5) is 50.5. The molecular weight excluding hydrogens is 803 g/mol. The molecule has 4 aromatic rings. The predicted molar refractivity (Wildman–Crippen MR) is 224 cm³/mol. The molecule has 7 rings (SSSR count). The van der Waals surface area contributed by atoms with Crippen LogP contribution in [0.1, 0.15) is 63.1 Å². The maximum absolute atomic E-state index is 13.4. The van der Waals surface area contributed by atoms with Gasteiger partial charge in [0.05, 0.1) is 52.8 Å². The highest BCUT2D eigenvalue weighted by molar-refractivity contribution is 6.39. The van der Waals surface area contributed by atoms with E-state index in [-0.39, 0.29) is 42.9 Å². The Balaban J connectivity index is 1.17. The van der Waals surface area contributed by atoms with Crippen molar-refractivity contribution in [1.82, 2.24) is 30.4 Å². The number of rotatable bonds is 11. The predicted octanol–water partition coefficient (Wildman–Crippen LogP) is 8.11. The Morgan fingerprint density at radius 3 is 2.29 bits per heavy atom. The minimum Gasteiger partial charge on any atom is -0.496 e. The minimum atomic E-state index is -0.738. The number of carbonyl (C=O) groups is 3. The van der Waals surface area contributed by atoms with Crippen LogP contribution in [0.5, 0.6) is 11.6 Å². The van der Waals surface area contributed by atoms with E-state index in [2.05, 4.69) is 21.6 Å². The molecule has 58 heavy (non-hydrogen) atoms. The zero-order valence-electron chi connectivity index (χ0n) is 33.2. The van der Waals surface area contributed by atoms with Crippen LogP contribution in [0, 0.1) is 0 Å². The lowest BCUT2D eigenvalue weighted by atomic mass is 9.93. The number of fused-ring (bicyclic) bond motifs is 1. The first-order valence-corrected chi connectivity index (χ1v) is 20.5. The Labute approximate surface area is 353 Å². The number of pyridine rings is 2. The van der Waals surface area contributed by atoms with Gasteiger partial charge in [-0.1, -0.05) is 53.0 Å². The van der Waals surface area contributed by atoms with Crippen molar-refractivity contribution in [2.24, 2.45) is 0 Å². The Kier molecular flexibility index (Phi) is 12.4. The SMILES string of the molecule is COc1cc(-c2nccc(-c3cccc(-c4cc(Cl)c(CN(CC5CCC(=O)N5)C(=O)OC(C)(C)C)c(OC)n4)c3Cl)c2Cl)cc2c1CN(CC1CCC(=O)N1)CC2. The lowest BCUT2D eigenvalue weighted by Crippen LogP contribution is -2.43. The van der Waals surface area contributed by atoms with E-state index >= 15 is 0 Å². The third-order valence-electron chi connectivity index (χ3n) is 10.6. The van der Waals surface area contributed by atoms with Crippen molar-refractivity contribution in [3.8, 4) is 45.3 Å². The summed E-state index contributed by atoms with van der Waals surface area (Å²) in [5, 5.41) is 7.13. The van der Waals surface area contributed by atoms with E-state index in [0.717, 1.165) is 49.4 Å². The van der Waals surface area contributed by atoms with Crippen LogP contribution in [0.15, 0.2) is 48.7 Å². The van der Waals surface area contributed by atoms with Gasteiger partial charge in [0.1, 0.15) is 11.4 Å². The normalized spacial score (nSPS) is 18.1. The van der Waals surface area contributed by atoms with Gasteiger partial charge in [-0.05, 0) is 69.9 Å².